The number of aryl methyl sites for hydroxylation is 1. The molecule has 3 aromatic rings. The highest BCUT2D eigenvalue weighted by Gasteiger charge is 2.27. The van der Waals surface area contributed by atoms with Crippen LogP contribution < -0.4 is 5.32 Å². The van der Waals surface area contributed by atoms with E-state index in [4.69, 9.17) is 9.52 Å². The van der Waals surface area contributed by atoms with E-state index in [0.29, 0.717) is 5.76 Å². The molecular weight excluding hydrogens is 376 g/mol. The fourth-order valence-corrected chi connectivity index (χ4v) is 4.73. The number of hydrogen-bond acceptors (Lipinski definition) is 4. The molecule has 1 N–H and O–H groups in total. The summed E-state index contributed by atoms with van der Waals surface area (Å²) in [6, 6.07) is 12.5. The number of amides is 1. The van der Waals surface area contributed by atoms with Crippen LogP contribution in [0.2, 0.25) is 0 Å². The van der Waals surface area contributed by atoms with Gasteiger partial charge in [-0.1, -0.05) is 18.2 Å². The van der Waals surface area contributed by atoms with Crippen LogP contribution in [0.5, 0.6) is 0 Å². The topological polar surface area (TPSA) is 63.3 Å². The number of carbonyl (C=O) groups is 1. The van der Waals surface area contributed by atoms with Crippen LogP contribution in [0.1, 0.15) is 52.3 Å². The smallest absolute Gasteiger partial charge is 0.287 e. The Morgan fingerprint density at radius 2 is 1.97 bits per heavy atom. The summed E-state index contributed by atoms with van der Waals surface area (Å²) in [5, 5.41) is 8.13. The molecule has 2 aliphatic rings. The van der Waals surface area contributed by atoms with E-state index < -0.39 is 0 Å². The van der Waals surface area contributed by atoms with Crippen LogP contribution in [0.15, 0.2) is 47.1 Å². The van der Waals surface area contributed by atoms with Gasteiger partial charge >= 0.3 is 0 Å². The van der Waals surface area contributed by atoms with Crippen molar-refractivity contribution < 1.29 is 9.21 Å². The minimum atomic E-state index is -0.102. The highest BCUT2D eigenvalue weighted by atomic mass is 16.3. The molecule has 2 aromatic heterocycles. The molecule has 5 rings (SSSR count). The van der Waals surface area contributed by atoms with E-state index in [1.54, 1.807) is 6.26 Å². The molecule has 6 heteroatoms. The maximum atomic E-state index is 12.4. The molecule has 1 aliphatic carbocycles. The Balaban J connectivity index is 1.22. The summed E-state index contributed by atoms with van der Waals surface area (Å²) in [5.74, 6) is 0.329. The van der Waals surface area contributed by atoms with Gasteiger partial charge in [-0.05, 0) is 62.8 Å². The predicted octanol–water partition coefficient (Wildman–Crippen LogP) is 3.66. The lowest BCUT2D eigenvalue weighted by Crippen LogP contribution is -2.44. The zero-order chi connectivity index (χ0) is 20.5. The van der Waals surface area contributed by atoms with Crippen molar-refractivity contribution in [2.24, 2.45) is 0 Å². The van der Waals surface area contributed by atoms with Crippen molar-refractivity contribution in [3.8, 4) is 5.69 Å². The average Bonchev–Trinajstić information content (AvgIpc) is 3.48. The number of para-hydroxylation sites is 1. The van der Waals surface area contributed by atoms with Crippen molar-refractivity contribution in [1.82, 2.24) is 20.0 Å². The third-order valence-corrected chi connectivity index (χ3v) is 6.38. The first-order chi connectivity index (χ1) is 14.7. The minimum absolute atomic E-state index is 0.102. The van der Waals surface area contributed by atoms with E-state index in [2.05, 4.69) is 39.2 Å². The van der Waals surface area contributed by atoms with Crippen LogP contribution in [0.3, 0.4) is 0 Å². The zero-order valence-corrected chi connectivity index (χ0v) is 17.4. The first kappa shape index (κ1) is 19.1. The molecule has 1 amide bonds. The molecular formula is C24H28N4O2. The Bertz CT molecular complexity index is 1030. The number of piperidine rings is 1. The molecule has 1 aromatic carbocycles. The number of nitrogens with one attached hydrogen (secondary N) is 1. The van der Waals surface area contributed by atoms with Gasteiger partial charge in [0.2, 0.25) is 0 Å². The van der Waals surface area contributed by atoms with Crippen molar-refractivity contribution in [2.75, 3.05) is 13.1 Å². The Kier molecular flexibility index (Phi) is 5.17. The number of hydrogen-bond donors (Lipinski definition) is 1. The summed E-state index contributed by atoms with van der Waals surface area (Å²) in [6.07, 6.45) is 6.93. The largest absolute Gasteiger partial charge is 0.459 e. The van der Waals surface area contributed by atoms with E-state index in [9.17, 15) is 4.79 Å². The molecule has 0 unspecified atom stereocenters. The Morgan fingerprint density at radius 3 is 2.70 bits per heavy atom. The molecule has 156 valence electrons. The van der Waals surface area contributed by atoms with Gasteiger partial charge in [0, 0.05) is 36.9 Å². The van der Waals surface area contributed by atoms with Crippen LogP contribution in [0.4, 0.5) is 0 Å². The molecule has 1 aliphatic heterocycles. The van der Waals surface area contributed by atoms with Crippen molar-refractivity contribution >= 4 is 5.91 Å². The standard InChI is InChI=1S/C24H28N4O2/c1-17-12-15-30-23(17)24(29)25-18-10-13-27(14-11-18)16-21-20-8-5-9-22(20)28(26-21)19-6-3-2-4-7-19/h2-4,6-7,12,15,18H,5,8-11,13-14,16H2,1H3,(H,25,29). The van der Waals surface area contributed by atoms with Gasteiger partial charge in [-0.15, -0.1) is 0 Å². The second kappa shape index (κ2) is 8.11. The lowest BCUT2D eigenvalue weighted by atomic mass is 10.0. The van der Waals surface area contributed by atoms with Crippen molar-refractivity contribution in [2.45, 2.75) is 51.6 Å². The summed E-state index contributed by atoms with van der Waals surface area (Å²) in [5.41, 5.74) is 6.08. The number of carbonyl (C=O) groups excluding carboxylic acids is 1. The number of rotatable bonds is 5. The van der Waals surface area contributed by atoms with Gasteiger partial charge in [0.05, 0.1) is 17.6 Å². The van der Waals surface area contributed by atoms with Crippen molar-refractivity contribution in [3.63, 3.8) is 0 Å². The summed E-state index contributed by atoms with van der Waals surface area (Å²) in [6.45, 7) is 4.72. The van der Waals surface area contributed by atoms with Gasteiger partial charge in [0.1, 0.15) is 0 Å². The second-order valence-electron chi connectivity index (χ2n) is 8.43. The van der Waals surface area contributed by atoms with Gasteiger partial charge in [-0.2, -0.15) is 5.10 Å². The third-order valence-electron chi connectivity index (χ3n) is 6.38. The molecule has 0 saturated carbocycles. The summed E-state index contributed by atoms with van der Waals surface area (Å²) < 4.78 is 7.47. The summed E-state index contributed by atoms with van der Waals surface area (Å²) in [7, 11) is 0. The van der Waals surface area contributed by atoms with Crippen LogP contribution in [-0.4, -0.2) is 39.7 Å². The van der Waals surface area contributed by atoms with Crippen molar-refractivity contribution in [3.05, 3.63) is 70.9 Å². The molecule has 0 spiro atoms. The summed E-state index contributed by atoms with van der Waals surface area (Å²) in [4.78, 5) is 14.9. The molecule has 1 fully saturated rings. The first-order valence-electron chi connectivity index (χ1n) is 10.9. The van der Waals surface area contributed by atoms with Crippen LogP contribution >= 0.6 is 0 Å². The van der Waals surface area contributed by atoms with Crippen LogP contribution in [-0.2, 0) is 19.4 Å². The molecule has 0 bridgehead atoms. The number of fused-ring (bicyclic) bond motifs is 1. The molecule has 3 heterocycles. The summed E-state index contributed by atoms with van der Waals surface area (Å²) >= 11 is 0. The Morgan fingerprint density at radius 1 is 1.17 bits per heavy atom. The Labute approximate surface area is 176 Å². The molecule has 1 saturated heterocycles. The lowest BCUT2D eigenvalue weighted by molar-refractivity contribution is 0.0879. The highest BCUT2D eigenvalue weighted by molar-refractivity contribution is 5.92. The number of nitrogens with zero attached hydrogens (tertiary/aromatic N) is 3. The fourth-order valence-electron chi connectivity index (χ4n) is 4.73. The highest BCUT2D eigenvalue weighted by Crippen LogP contribution is 2.29. The zero-order valence-electron chi connectivity index (χ0n) is 17.4. The quantitative estimate of drug-likeness (QED) is 0.705. The van der Waals surface area contributed by atoms with Crippen molar-refractivity contribution in [1.29, 1.82) is 0 Å². The maximum Gasteiger partial charge on any atom is 0.287 e. The fraction of sp³-hybridized carbons (Fsp3) is 0.417. The lowest BCUT2D eigenvalue weighted by Gasteiger charge is -2.31. The maximum absolute atomic E-state index is 12.4. The van der Waals surface area contributed by atoms with Gasteiger partial charge in [0.15, 0.2) is 5.76 Å². The Hall–Kier alpha value is -2.86. The number of benzene rings is 1. The van der Waals surface area contributed by atoms with Gasteiger partial charge < -0.3 is 9.73 Å². The number of likely N-dealkylation sites (tertiary alicyclic amines) is 1. The van der Waals surface area contributed by atoms with E-state index in [1.165, 1.54) is 23.4 Å². The molecule has 0 atom stereocenters. The second-order valence-corrected chi connectivity index (χ2v) is 8.43. The van der Waals surface area contributed by atoms with Crippen LogP contribution in [0, 0.1) is 6.92 Å². The normalized spacial score (nSPS) is 17.2. The van der Waals surface area contributed by atoms with E-state index in [1.807, 2.05) is 19.1 Å². The number of furan rings is 1. The van der Waals surface area contributed by atoms with E-state index >= 15 is 0 Å². The van der Waals surface area contributed by atoms with Crippen LogP contribution in [0.25, 0.3) is 5.69 Å². The van der Waals surface area contributed by atoms with E-state index in [-0.39, 0.29) is 11.9 Å². The predicted molar refractivity (Wildman–Crippen MR) is 115 cm³/mol. The van der Waals surface area contributed by atoms with E-state index in [0.717, 1.165) is 56.6 Å². The number of aromatic nitrogens is 2. The molecule has 30 heavy (non-hydrogen) atoms. The molecule has 0 radical (unpaired) electrons. The third kappa shape index (κ3) is 3.67. The van der Waals surface area contributed by atoms with Gasteiger partial charge in [-0.3, -0.25) is 9.69 Å². The minimum Gasteiger partial charge on any atom is -0.459 e. The molecule has 6 nitrogen and oxygen atoms in total. The van der Waals surface area contributed by atoms with Gasteiger partial charge in [-0.25, -0.2) is 4.68 Å². The first-order valence-corrected chi connectivity index (χ1v) is 10.9. The average molecular weight is 405 g/mol. The monoisotopic (exact) mass is 404 g/mol. The SMILES string of the molecule is Cc1ccoc1C(=O)NC1CCN(Cc2nn(-c3ccccc3)c3c2CCC3)CC1. The van der Waals surface area contributed by atoms with Gasteiger partial charge in [0.25, 0.3) is 5.91 Å².